The van der Waals surface area contributed by atoms with E-state index in [2.05, 4.69) is 16.8 Å². The number of rotatable bonds is 5. The van der Waals surface area contributed by atoms with E-state index in [1.54, 1.807) is 31.5 Å². The molecule has 2 aromatic heterocycles. The largest absolute Gasteiger partial charge is 0.383 e. The lowest BCUT2D eigenvalue weighted by Gasteiger charge is -2.23. The molecule has 0 aliphatic rings. The Kier molecular flexibility index (Phi) is 4.75. The molecule has 0 bridgehead atoms. The molecule has 2 heterocycles. The molecule has 2 aromatic rings. The number of hydrogen-bond donors (Lipinski definition) is 0. The fourth-order valence-corrected chi connectivity index (χ4v) is 2.15. The lowest BCUT2D eigenvalue weighted by atomic mass is 10.3. The molecular weight excluding hydrogens is 278 g/mol. The summed E-state index contributed by atoms with van der Waals surface area (Å²) in [6.45, 7) is 3.30. The summed E-state index contributed by atoms with van der Waals surface area (Å²) >= 11 is 5.88. The van der Waals surface area contributed by atoms with Crippen LogP contribution in [-0.2, 0) is 11.3 Å². The fraction of sp³-hybridized carbons (Fsp3) is 0.429. The van der Waals surface area contributed by atoms with Gasteiger partial charge in [-0.1, -0.05) is 11.6 Å². The monoisotopic (exact) mass is 295 g/mol. The van der Waals surface area contributed by atoms with Crippen molar-refractivity contribution in [1.29, 1.82) is 0 Å². The van der Waals surface area contributed by atoms with E-state index in [0.717, 1.165) is 5.69 Å². The molecule has 1 atom stereocenters. The van der Waals surface area contributed by atoms with Crippen molar-refractivity contribution in [1.82, 2.24) is 14.3 Å². The van der Waals surface area contributed by atoms with Crippen LogP contribution in [0.15, 0.2) is 29.2 Å². The zero-order valence-electron chi connectivity index (χ0n) is 11.8. The smallest absolute Gasteiger partial charge is 0.258 e. The highest BCUT2D eigenvalue weighted by atomic mass is 35.5. The number of fused-ring (bicyclic) bond motifs is 1. The fourth-order valence-electron chi connectivity index (χ4n) is 1.99. The third-order valence-corrected chi connectivity index (χ3v) is 3.47. The summed E-state index contributed by atoms with van der Waals surface area (Å²) < 4.78 is 6.58. The second kappa shape index (κ2) is 6.35. The van der Waals surface area contributed by atoms with Gasteiger partial charge >= 0.3 is 0 Å². The van der Waals surface area contributed by atoms with Crippen LogP contribution in [0.4, 0.5) is 0 Å². The second-order valence-electron chi connectivity index (χ2n) is 4.88. The number of methoxy groups -OCH3 is 1. The molecule has 0 amide bonds. The second-order valence-corrected chi connectivity index (χ2v) is 5.32. The van der Waals surface area contributed by atoms with E-state index in [4.69, 9.17) is 16.3 Å². The van der Waals surface area contributed by atoms with Gasteiger partial charge in [-0.05, 0) is 26.1 Å². The molecule has 0 unspecified atom stereocenters. The van der Waals surface area contributed by atoms with E-state index in [0.29, 0.717) is 23.8 Å². The van der Waals surface area contributed by atoms with Crippen LogP contribution in [0.25, 0.3) is 5.65 Å². The molecule has 0 N–H and O–H groups in total. The molecule has 0 aliphatic carbocycles. The van der Waals surface area contributed by atoms with Gasteiger partial charge in [-0.15, -0.1) is 0 Å². The van der Waals surface area contributed by atoms with Crippen molar-refractivity contribution in [3.8, 4) is 0 Å². The van der Waals surface area contributed by atoms with Crippen molar-refractivity contribution in [3.05, 3.63) is 45.5 Å². The minimum Gasteiger partial charge on any atom is -0.383 e. The number of ether oxygens (including phenoxy) is 1. The van der Waals surface area contributed by atoms with E-state index in [1.165, 1.54) is 4.40 Å². The molecule has 0 aliphatic heterocycles. The minimum absolute atomic E-state index is 0.125. The van der Waals surface area contributed by atoms with Crippen LogP contribution < -0.4 is 5.56 Å². The predicted molar refractivity (Wildman–Crippen MR) is 79.3 cm³/mol. The first-order valence-corrected chi connectivity index (χ1v) is 6.76. The molecule has 6 heteroatoms. The van der Waals surface area contributed by atoms with Crippen LogP contribution in [0.1, 0.15) is 12.6 Å². The number of likely N-dealkylation sites (N-methyl/N-ethyl adjacent to an activating group) is 1. The van der Waals surface area contributed by atoms with Gasteiger partial charge in [0.05, 0.1) is 17.3 Å². The Morgan fingerprint density at radius 2 is 2.25 bits per heavy atom. The predicted octanol–water partition coefficient (Wildman–Crippen LogP) is 1.81. The summed E-state index contributed by atoms with van der Waals surface area (Å²) in [6.07, 6.45) is 1.58. The lowest BCUT2D eigenvalue weighted by Crippen LogP contribution is -2.33. The van der Waals surface area contributed by atoms with Gasteiger partial charge in [-0.3, -0.25) is 14.1 Å². The highest BCUT2D eigenvalue weighted by Crippen LogP contribution is 2.09. The Morgan fingerprint density at radius 3 is 2.95 bits per heavy atom. The van der Waals surface area contributed by atoms with Gasteiger partial charge in [-0.2, -0.15) is 0 Å². The Balaban J connectivity index is 2.28. The summed E-state index contributed by atoms with van der Waals surface area (Å²) in [5.41, 5.74) is 1.22. The van der Waals surface area contributed by atoms with E-state index in [1.807, 2.05) is 7.05 Å². The lowest BCUT2D eigenvalue weighted by molar-refractivity contribution is 0.111. The van der Waals surface area contributed by atoms with Crippen molar-refractivity contribution < 1.29 is 4.74 Å². The number of hydrogen-bond acceptors (Lipinski definition) is 4. The van der Waals surface area contributed by atoms with Gasteiger partial charge in [0.25, 0.3) is 5.56 Å². The van der Waals surface area contributed by atoms with Gasteiger partial charge in [0.2, 0.25) is 0 Å². The molecular formula is C14H18ClN3O2. The van der Waals surface area contributed by atoms with Crippen molar-refractivity contribution in [2.24, 2.45) is 0 Å². The van der Waals surface area contributed by atoms with Crippen molar-refractivity contribution in [3.63, 3.8) is 0 Å². The maximum Gasteiger partial charge on any atom is 0.258 e. The van der Waals surface area contributed by atoms with Gasteiger partial charge < -0.3 is 4.74 Å². The molecule has 5 nitrogen and oxygen atoms in total. The van der Waals surface area contributed by atoms with Crippen LogP contribution in [0.5, 0.6) is 0 Å². The molecule has 0 saturated heterocycles. The summed E-state index contributed by atoms with van der Waals surface area (Å²) in [7, 11) is 3.66. The minimum atomic E-state index is -0.125. The molecule has 20 heavy (non-hydrogen) atoms. The molecule has 0 fully saturated rings. The quantitative estimate of drug-likeness (QED) is 0.844. The first-order chi connectivity index (χ1) is 9.51. The van der Waals surface area contributed by atoms with E-state index in [-0.39, 0.29) is 11.6 Å². The van der Waals surface area contributed by atoms with Gasteiger partial charge in [0.1, 0.15) is 5.65 Å². The topological polar surface area (TPSA) is 46.8 Å². The molecule has 0 radical (unpaired) electrons. The summed E-state index contributed by atoms with van der Waals surface area (Å²) in [4.78, 5) is 18.6. The maximum absolute atomic E-state index is 12.0. The van der Waals surface area contributed by atoms with Gasteiger partial charge in [0.15, 0.2) is 0 Å². The number of aromatic nitrogens is 2. The van der Waals surface area contributed by atoms with Crippen molar-refractivity contribution >= 4 is 17.2 Å². The van der Waals surface area contributed by atoms with Crippen LogP contribution in [-0.4, -0.2) is 41.1 Å². The highest BCUT2D eigenvalue weighted by Gasteiger charge is 2.11. The standard InChI is InChI=1S/C14H18ClN3O2/c1-10(9-20-3)17(2)8-12-6-14(19)18-7-11(15)4-5-13(18)16-12/h4-7,10H,8-9H2,1-3H3/t10-/m0/s1. The highest BCUT2D eigenvalue weighted by molar-refractivity contribution is 6.30. The number of halogens is 1. The third kappa shape index (κ3) is 3.36. The molecule has 0 spiro atoms. The van der Waals surface area contributed by atoms with Crippen LogP contribution >= 0.6 is 11.6 Å². The number of nitrogens with zero attached hydrogens (tertiary/aromatic N) is 3. The van der Waals surface area contributed by atoms with Crippen molar-refractivity contribution in [2.45, 2.75) is 19.5 Å². The Hall–Kier alpha value is -1.43. The van der Waals surface area contributed by atoms with Crippen molar-refractivity contribution in [2.75, 3.05) is 20.8 Å². The average molecular weight is 296 g/mol. The Bertz CT molecular complexity index is 656. The average Bonchev–Trinajstić information content (AvgIpc) is 2.40. The van der Waals surface area contributed by atoms with Crippen LogP contribution in [0.3, 0.4) is 0 Å². The molecule has 2 rings (SSSR count). The molecule has 0 aromatic carbocycles. The Morgan fingerprint density at radius 1 is 1.50 bits per heavy atom. The third-order valence-electron chi connectivity index (χ3n) is 3.25. The summed E-state index contributed by atoms with van der Waals surface area (Å²) in [6, 6.07) is 5.26. The maximum atomic E-state index is 12.0. The zero-order valence-corrected chi connectivity index (χ0v) is 12.6. The van der Waals surface area contributed by atoms with Crippen LogP contribution in [0, 0.1) is 0 Å². The van der Waals surface area contributed by atoms with Gasteiger partial charge in [-0.25, -0.2) is 4.98 Å². The molecule has 108 valence electrons. The summed E-state index contributed by atoms with van der Waals surface area (Å²) in [5, 5.41) is 0.514. The van der Waals surface area contributed by atoms with E-state index >= 15 is 0 Å². The molecule has 0 saturated carbocycles. The van der Waals surface area contributed by atoms with Crippen LogP contribution in [0.2, 0.25) is 5.02 Å². The first kappa shape index (κ1) is 15.0. The zero-order chi connectivity index (χ0) is 14.7. The summed E-state index contributed by atoms with van der Waals surface area (Å²) in [5.74, 6) is 0. The normalized spacial score (nSPS) is 13.1. The van der Waals surface area contributed by atoms with Gasteiger partial charge in [0, 0.05) is 32.0 Å². The number of pyridine rings is 1. The van der Waals surface area contributed by atoms with E-state index < -0.39 is 0 Å². The SMILES string of the molecule is COC[C@H](C)N(C)Cc1cc(=O)n2cc(Cl)ccc2n1. The first-order valence-electron chi connectivity index (χ1n) is 6.38. The Labute approximate surface area is 122 Å². The van der Waals surface area contributed by atoms with E-state index in [9.17, 15) is 4.79 Å².